The monoisotopic (exact) mass is 143 g/mol. The van der Waals surface area contributed by atoms with E-state index in [9.17, 15) is 4.79 Å². The molecule has 8 heavy (non-hydrogen) atoms. The molecule has 0 aliphatic rings. The minimum absolute atomic E-state index is 0.373. The maximum atomic E-state index is 10.7. The molecule has 0 saturated heterocycles. The quantitative estimate of drug-likeness (QED) is 0.464. The van der Waals surface area contributed by atoms with Crippen molar-refractivity contribution in [3.8, 4) is 0 Å². The summed E-state index contributed by atoms with van der Waals surface area (Å²) in [6, 6.07) is -3.47. The van der Waals surface area contributed by atoms with E-state index in [1.165, 1.54) is 0 Å². The van der Waals surface area contributed by atoms with Crippen molar-refractivity contribution in [3.05, 3.63) is 0 Å². The molecule has 0 aliphatic carbocycles. The molecule has 0 amide bonds. The van der Waals surface area contributed by atoms with Crippen molar-refractivity contribution < 1.29 is 19.6 Å². The van der Waals surface area contributed by atoms with Crippen molar-refractivity contribution in [1.82, 2.24) is 0 Å². The zero-order valence-corrected chi connectivity index (χ0v) is 4.53. The predicted octanol–water partition coefficient (Wildman–Crippen LogP) is -0.282. The number of hydrogen-bond donors (Lipinski definition) is 3. The van der Waals surface area contributed by atoms with Crippen LogP contribution in [0, 0.1) is 0 Å². The van der Waals surface area contributed by atoms with Crippen molar-refractivity contribution in [2.45, 2.75) is 12.4 Å². The van der Waals surface area contributed by atoms with Gasteiger partial charge < -0.3 is 10.8 Å². The van der Waals surface area contributed by atoms with Gasteiger partial charge >= 0.3 is 5.97 Å². The van der Waals surface area contributed by atoms with Gasteiger partial charge in [0.15, 0.2) is 0 Å². The van der Waals surface area contributed by atoms with Crippen LogP contribution in [0.3, 0.4) is 0 Å². The Morgan fingerprint density at radius 3 is 3.62 bits per heavy atom. The molecule has 0 heterocycles. The molecule has 0 aromatic rings. The normalized spacial score (nSPS) is 35.6. The summed E-state index contributed by atoms with van der Waals surface area (Å²) in [5.74, 6) is -2.18. The van der Waals surface area contributed by atoms with E-state index in [2.05, 4.69) is 0 Å². The standard InChI is InChI=1S/C4H9NO2S/c5-3(1-2-8)4(6)7/h3,8H,1-2,5H2,(H,6,7)/t3-/m0/s1/i1D2,2D2,3D/hD3. The van der Waals surface area contributed by atoms with E-state index < -0.39 is 29.8 Å². The molecular weight excluding hydrogens is 126 g/mol. The van der Waals surface area contributed by atoms with Gasteiger partial charge in [0, 0.05) is 5.48 Å². The highest BCUT2D eigenvalue weighted by Crippen LogP contribution is 1.88. The molecule has 0 unspecified atom stereocenters. The van der Waals surface area contributed by atoms with E-state index in [-0.39, 0.29) is 12.5 Å². The Labute approximate surface area is 64.3 Å². The smallest absolute Gasteiger partial charge is 0.320 e. The lowest BCUT2D eigenvalue weighted by atomic mass is 10.2. The Hall–Kier alpha value is -0.220. The zero-order chi connectivity index (χ0) is 13.4. The van der Waals surface area contributed by atoms with Crippen LogP contribution in [0.4, 0.5) is 0 Å². The highest BCUT2D eigenvalue weighted by Gasteiger charge is 2.08. The van der Waals surface area contributed by atoms with Crippen molar-refractivity contribution in [2.24, 2.45) is 5.72 Å². The highest BCUT2D eigenvalue weighted by molar-refractivity contribution is 7.80. The van der Waals surface area contributed by atoms with Crippen LogP contribution in [0.15, 0.2) is 0 Å². The Morgan fingerprint density at radius 1 is 2.50 bits per heavy atom. The van der Waals surface area contributed by atoms with Crippen molar-refractivity contribution >= 4 is 18.5 Å². The largest absolute Gasteiger partial charge is 0.480 e. The number of carbonyl (C=O) groups is 1. The molecule has 0 aromatic heterocycles. The van der Waals surface area contributed by atoms with Gasteiger partial charge in [0.1, 0.15) is 9.97 Å². The fourth-order valence-corrected chi connectivity index (χ4v) is 0.198. The highest BCUT2D eigenvalue weighted by atomic mass is 32.1. The maximum Gasteiger partial charge on any atom is 0.320 e. The predicted molar refractivity (Wildman–Crippen MR) is 34.1 cm³/mol. The molecule has 3 nitrogen and oxygen atoms in total. The van der Waals surface area contributed by atoms with Crippen molar-refractivity contribution in [2.75, 3.05) is 5.70 Å². The molecule has 0 rings (SSSR count). The van der Waals surface area contributed by atoms with E-state index in [4.69, 9.17) is 15.9 Å². The number of rotatable bonds is 5. The minimum atomic E-state index is -3.47. The first-order valence-corrected chi connectivity index (χ1v) is 2.01. The lowest BCUT2D eigenvalue weighted by Crippen LogP contribution is -2.30. The molecule has 0 aliphatic heterocycles. The number of nitrogens with two attached hydrogens (primary N) is 1. The third-order valence-electron chi connectivity index (χ3n) is 0.372. The van der Waals surface area contributed by atoms with Gasteiger partial charge in [-0.2, -0.15) is 12.5 Å². The molecule has 0 fully saturated rings. The van der Waals surface area contributed by atoms with Gasteiger partial charge in [-0.05, 0) is 12.1 Å². The summed E-state index contributed by atoms with van der Waals surface area (Å²) in [7, 11) is 0. The first-order valence-electron chi connectivity index (χ1n) is 5.41. The summed E-state index contributed by atoms with van der Waals surface area (Å²) in [6.07, 6.45) is -3.43. The van der Waals surface area contributed by atoms with E-state index in [0.717, 1.165) is 0 Å². The van der Waals surface area contributed by atoms with E-state index >= 15 is 0 Å². The molecule has 0 aromatic carbocycles. The van der Waals surface area contributed by atoms with Crippen LogP contribution >= 0.6 is 12.5 Å². The number of thiol groups is 1. The molecule has 0 spiro atoms. The van der Waals surface area contributed by atoms with Gasteiger partial charge in [-0.1, -0.05) is 0 Å². The summed E-state index contributed by atoms with van der Waals surface area (Å²) in [6.45, 7) is 0. The van der Waals surface area contributed by atoms with Gasteiger partial charge in [-0.25, -0.2) is 0 Å². The zero-order valence-electron chi connectivity index (χ0n) is 11.7. The maximum absolute atomic E-state index is 10.7. The van der Waals surface area contributed by atoms with Crippen LogP contribution < -0.4 is 5.72 Å². The second-order valence-corrected chi connectivity index (χ2v) is 1.08. The first-order chi connectivity index (χ1) is 6.95. The van der Waals surface area contributed by atoms with Gasteiger partial charge in [0.25, 0.3) is 0 Å². The van der Waals surface area contributed by atoms with Crippen molar-refractivity contribution in [3.63, 3.8) is 0 Å². The Balaban J connectivity index is 5.64. The average molecular weight is 143 g/mol. The Kier molecular flexibility index (Phi) is 0.766. The van der Waals surface area contributed by atoms with Crippen LogP contribution in [-0.4, -0.2) is 23.9 Å². The molecule has 0 radical (unpaired) electrons. The molecule has 3 N–H and O–H groups in total. The lowest BCUT2D eigenvalue weighted by molar-refractivity contribution is -0.138. The fraction of sp³-hybridized carbons (Fsp3) is 0.750. The van der Waals surface area contributed by atoms with E-state index in [0.29, 0.717) is 0 Å². The summed E-state index contributed by atoms with van der Waals surface area (Å²) >= 11 is -0.373. The Bertz CT molecular complexity index is 285. The molecule has 0 saturated carbocycles. The van der Waals surface area contributed by atoms with Crippen LogP contribution in [0.5, 0.6) is 0 Å². The van der Waals surface area contributed by atoms with E-state index in [1.54, 1.807) is 0 Å². The molecular formula is C4H9NO2S. The molecule has 48 valence electrons. The SMILES string of the molecule is [2H]SC([2H])([2H])C([2H])([2H])[C@@]([2H])(C(=O)O)N([2H])[2H]. The Morgan fingerprint density at radius 2 is 3.25 bits per heavy atom. The van der Waals surface area contributed by atoms with Crippen molar-refractivity contribution in [1.29, 1.82) is 1.12 Å². The summed E-state index contributed by atoms with van der Waals surface area (Å²) < 4.78 is 56.1. The summed E-state index contributed by atoms with van der Waals surface area (Å²) in [5, 5.41) is 8.65. The second-order valence-electron chi connectivity index (χ2n) is 0.881. The van der Waals surface area contributed by atoms with Gasteiger partial charge in [0.2, 0.25) is 0 Å². The number of carboxylic acid groups (broad SMARTS) is 1. The summed E-state index contributed by atoms with van der Waals surface area (Å²) in [5.41, 5.74) is -3.78. The number of hydrogen-bond acceptors (Lipinski definition) is 3. The summed E-state index contributed by atoms with van der Waals surface area (Å²) in [4.78, 5) is 10.7. The third kappa shape index (κ3) is 2.87. The minimum Gasteiger partial charge on any atom is -0.480 e. The fourth-order valence-electron chi connectivity index (χ4n) is 0.102. The van der Waals surface area contributed by atoms with Crippen LogP contribution in [0.1, 0.15) is 13.2 Å². The topological polar surface area (TPSA) is 63.3 Å². The van der Waals surface area contributed by atoms with Crippen LogP contribution in [0.25, 0.3) is 0 Å². The average Bonchev–Trinajstić information content (AvgIpc) is 2.15. The van der Waals surface area contributed by atoms with E-state index in [1.807, 2.05) is 0 Å². The third-order valence-corrected chi connectivity index (χ3v) is 0.474. The first kappa shape index (κ1) is 1.64. The van der Waals surface area contributed by atoms with Crippen LogP contribution in [0.2, 0.25) is 2.82 Å². The number of aliphatic carboxylic acids is 1. The molecule has 1 atom stereocenters. The van der Waals surface area contributed by atoms with Crippen LogP contribution in [-0.2, 0) is 4.79 Å². The second kappa shape index (κ2) is 3.74. The van der Waals surface area contributed by atoms with Gasteiger partial charge in [-0.15, -0.1) is 0 Å². The molecule has 0 bridgehead atoms. The van der Waals surface area contributed by atoms with Gasteiger partial charge in [0.05, 0.1) is 1.37 Å². The number of carboxylic acids is 1. The van der Waals surface area contributed by atoms with Gasteiger partial charge in [-0.3, -0.25) is 4.79 Å². The lowest BCUT2D eigenvalue weighted by Gasteiger charge is -2.00. The molecule has 4 heteroatoms.